The number of esters is 1. The first-order valence-corrected chi connectivity index (χ1v) is 11.0. The van der Waals surface area contributed by atoms with Crippen LogP contribution in [0.3, 0.4) is 0 Å². The van der Waals surface area contributed by atoms with Crippen molar-refractivity contribution >= 4 is 5.97 Å². The van der Waals surface area contributed by atoms with Crippen LogP contribution in [0.2, 0.25) is 0 Å². The molecule has 0 unspecified atom stereocenters. The van der Waals surface area contributed by atoms with Crippen molar-refractivity contribution in [1.82, 2.24) is 0 Å². The maximum atomic E-state index is 11.4. The molecule has 0 fully saturated rings. The smallest absolute Gasteiger partial charge is 0.306 e. The number of carbonyl (C=O) groups is 1. The quantitative estimate of drug-likeness (QED) is 0.203. The van der Waals surface area contributed by atoms with Crippen LogP contribution in [0.5, 0.6) is 0 Å². The normalized spacial score (nSPS) is 10.4. The summed E-state index contributed by atoms with van der Waals surface area (Å²) in [6, 6.07) is 8.18. The van der Waals surface area contributed by atoms with Crippen LogP contribution in [0.1, 0.15) is 89.2 Å². The second-order valence-corrected chi connectivity index (χ2v) is 7.20. The largest absolute Gasteiger partial charge is 0.466 e. The molecule has 0 aliphatic heterocycles. The number of ether oxygens (including phenoxy) is 2. The van der Waals surface area contributed by atoms with Crippen molar-refractivity contribution in [3.63, 3.8) is 0 Å². The molecule has 0 spiro atoms. The number of unbranched alkanes of at least 4 members (excludes halogenated alkanes) is 8. The minimum Gasteiger partial charge on any atom is -0.466 e. The van der Waals surface area contributed by atoms with Crippen LogP contribution >= 0.6 is 0 Å². The fourth-order valence-corrected chi connectivity index (χ4v) is 3.06. The van der Waals surface area contributed by atoms with Gasteiger partial charge in [-0.05, 0) is 30.9 Å². The van der Waals surface area contributed by atoms with E-state index in [0.29, 0.717) is 32.7 Å². The SMILES string of the molecule is CCCCCCCCCCC#CCOCc1cccc(CCC(=O)OCC)c1. The highest BCUT2D eigenvalue weighted by Gasteiger charge is 2.03. The van der Waals surface area contributed by atoms with E-state index >= 15 is 0 Å². The van der Waals surface area contributed by atoms with E-state index in [4.69, 9.17) is 9.47 Å². The lowest BCUT2D eigenvalue weighted by atomic mass is 10.1. The number of carbonyl (C=O) groups excluding carboxylic acids is 1. The van der Waals surface area contributed by atoms with Crippen molar-refractivity contribution in [2.75, 3.05) is 13.2 Å². The lowest BCUT2D eigenvalue weighted by molar-refractivity contribution is -0.143. The standard InChI is InChI=1S/C25H38O3/c1-3-5-6-7-8-9-10-11-12-13-14-20-27-22-24-17-15-16-23(21-24)18-19-25(26)28-4-2/h15-17,21H,3-12,18-20,22H2,1-2H3. The molecule has 0 bridgehead atoms. The molecule has 28 heavy (non-hydrogen) atoms. The van der Waals surface area contributed by atoms with Crippen LogP contribution in [-0.2, 0) is 27.3 Å². The summed E-state index contributed by atoms with van der Waals surface area (Å²) in [6.07, 6.45) is 12.8. The van der Waals surface area contributed by atoms with E-state index in [2.05, 4.69) is 24.8 Å². The topological polar surface area (TPSA) is 35.5 Å². The Hall–Kier alpha value is -1.79. The molecule has 0 radical (unpaired) electrons. The molecule has 3 heteroatoms. The van der Waals surface area contributed by atoms with Gasteiger partial charge in [0.15, 0.2) is 0 Å². The molecule has 0 N–H and O–H groups in total. The lowest BCUT2D eigenvalue weighted by Crippen LogP contribution is -2.05. The zero-order valence-corrected chi connectivity index (χ0v) is 17.9. The van der Waals surface area contributed by atoms with E-state index in [1.54, 1.807) is 0 Å². The minimum atomic E-state index is -0.143. The number of aryl methyl sites for hydroxylation is 1. The van der Waals surface area contributed by atoms with E-state index in [9.17, 15) is 4.79 Å². The first-order chi connectivity index (χ1) is 13.8. The van der Waals surface area contributed by atoms with Gasteiger partial charge in [-0.2, -0.15) is 0 Å². The first-order valence-electron chi connectivity index (χ1n) is 11.0. The zero-order valence-electron chi connectivity index (χ0n) is 17.9. The Labute approximate surface area is 172 Å². The highest BCUT2D eigenvalue weighted by molar-refractivity contribution is 5.69. The Bertz CT molecular complexity index is 583. The summed E-state index contributed by atoms with van der Waals surface area (Å²) in [5.41, 5.74) is 2.25. The van der Waals surface area contributed by atoms with Crippen molar-refractivity contribution in [3.05, 3.63) is 35.4 Å². The average molecular weight is 387 g/mol. The van der Waals surface area contributed by atoms with Gasteiger partial charge in [-0.15, -0.1) is 5.92 Å². The second-order valence-electron chi connectivity index (χ2n) is 7.20. The van der Waals surface area contributed by atoms with Crippen LogP contribution in [-0.4, -0.2) is 19.2 Å². The Kier molecular flexibility index (Phi) is 15.0. The van der Waals surface area contributed by atoms with Gasteiger partial charge >= 0.3 is 5.97 Å². The number of hydrogen-bond acceptors (Lipinski definition) is 3. The molecule has 0 atom stereocenters. The van der Waals surface area contributed by atoms with Gasteiger partial charge in [-0.3, -0.25) is 4.79 Å². The summed E-state index contributed by atoms with van der Waals surface area (Å²) in [5, 5.41) is 0. The molecule has 0 saturated carbocycles. The molecule has 1 rings (SSSR count). The van der Waals surface area contributed by atoms with E-state index in [1.807, 2.05) is 25.1 Å². The Morgan fingerprint density at radius 2 is 1.64 bits per heavy atom. The third kappa shape index (κ3) is 13.4. The molecule has 1 aromatic rings. The molecule has 0 amide bonds. The summed E-state index contributed by atoms with van der Waals surface area (Å²) in [4.78, 5) is 11.4. The molecule has 0 aliphatic rings. The molecule has 1 aromatic carbocycles. The summed E-state index contributed by atoms with van der Waals surface area (Å²) in [5.74, 6) is 6.18. The lowest BCUT2D eigenvalue weighted by Gasteiger charge is -2.05. The minimum absolute atomic E-state index is 0.143. The maximum absolute atomic E-state index is 11.4. The highest BCUT2D eigenvalue weighted by atomic mass is 16.5. The van der Waals surface area contributed by atoms with E-state index < -0.39 is 0 Å². The van der Waals surface area contributed by atoms with E-state index in [-0.39, 0.29) is 5.97 Å². The van der Waals surface area contributed by atoms with Gasteiger partial charge < -0.3 is 9.47 Å². The van der Waals surface area contributed by atoms with Crippen molar-refractivity contribution in [2.45, 2.75) is 91.1 Å². The third-order valence-corrected chi connectivity index (χ3v) is 4.64. The fraction of sp³-hybridized carbons (Fsp3) is 0.640. The monoisotopic (exact) mass is 386 g/mol. The van der Waals surface area contributed by atoms with Gasteiger partial charge in [0.05, 0.1) is 13.2 Å². The fourth-order valence-electron chi connectivity index (χ4n) is 3.06. The predicted molar refractivity (Wildman–Crippen MR) is 116 cm³/mol. The van der Waals surface area contributed by atoms with Gasteiger partial charge in [-0.25, -0.2) is 0 Å². The molecule has 0 aromatic heterocycles. The van der Waals surface area contributed by atoms with Gasteiger partial charge in [0.2, 0.25) is 0 Å². The summed E-state index contributed by atoms with van der Waals surface area (Å²) in [6.45, 7) is 5.55. The second kappa shape index (κ2) is 17.3. The molecular weight excluding hydrogens is 348 g/mol. The van der Waals surface area contributed by atoms with Gasteiger partial charge in [-0.1, -0.05) is 82.1 Å². The average Bonchev–Trinajstić information content (AvgIpc) is 2.70. The number of hydrogen-bond donors (Lipinski definition) is 0. The summed E-state index contributed by atoms with van der Waals surface area (Å²) >= 11 is 0. The molecular formula is C25H38O3. The van der Waals surface area contributed by atoms with Crippen LogP contribution in [0.25, 0.3) is 0 Å². The van der Waals surface area contributed by atoms with Crippen molar-refractivity contribution in [3.8, 4) is 11.8 Å². The van der Waals surface area contributed by atoms with Gasteiger partial charge in [0.1, 0.15) is 6.61 Å². The Morgan fingerprint density at radius 1 is 0.929 bits per heavy atom. The first kappa shape index (κ1) is 24.2. The highest BCUT2D eigenvalue weighted by Crippen LogP contribution is 2.10. The summed E-state index contributed by atoms with van der Waals surface area (Å²) < 4.78 is 10.6. The maximum Gasteiger partial charge on any atom is 0.306 e. The molecule has 0 aliphatic carbocycles. The van der Waals surface area contributed by atoms with Crippen LogP contribution < -0.4 is 0 Å². The van der Waals surface area contributed by atoms with Gasteiger partial charge in [0, 0.05) is 12.8 Å². The molecule has 0 heterocycles. The Morgan fingerprint density at radius 3 is 2.39 bits per heavy atom. The zero-order chi connectivity index (χ0) is 20.3. The predicted octanol–water partition coefficient (Wildman–Crippen LogP) is 6.23. The number of benzene rings is 1. The van der Waals surface area contributed by atoms with Crippen LogP contribution in [0.4, 0.5) is 0 Å². The van der Waals surface area contributed by atoms with Gasteiger partial charge in [0.25, 0.3) is 0 Å². The Balaban J connectivity index is 2.08. The number of rotatable bonds is 15. The van der Waals surface area contributed by atoms with Crippen molar-refractivity contribution in [1.29, 1.82) is 0 Å². The van der Waals surface area contributed by atoms with Crippen LogP contribution in [0, 0.1) is 11.8 Å². The van der Waals surface area contributed by atoms with E-state index in [0.717, 1.165) is 17.5 Å². The van der Waals surface area contributed by atoms with E-state index in [1.165, 1.54) is 51.4 Å². The molecule has 156 valence electrons. The molecule has 0 saturated heterocycles. The van der Waals surface area contributed by atoms with Crippen LogP contribution in [0.15, 0.2) is 24.3 Å². The molecule has 3 nitrogen and oxygen atoms in total. The van der Waals surface area contributed by atoms with Crippen molar-refractivity contribution < 1.29 is 14.3 Å². The van der Waals surface area contributed by atoms with Crippen molar-refractivity contribution in [2.24, 2.45) is 0 Å². The third-order valence-electron chi connectivity index (χ3n) is 4.64. The summed E-state index contributed by atoms with van der Waals surface area (Å²) in [7, 11) is 0.